The molecule has 2 saturated heterocycles. The molecule has 2 aliphatic heterocycles. The molecule has 0 saturated carbocycles. The number of nitrogens with zero attached hydrogens (tertiary/aromatic N) is 2. The summed E-state index contributed by atoms with van der Waals surface area (Å²) in [4.78, 5) is 18.5. The van der Waals surface area contributed by atoms with E-state index in [0.717, 1.165) is 43.5 Å². The molecule has 5 rings (SSSR count). The van der Waals surface area contributed by atoms with Crippen LogP contribution in [0.15, 0.2) is 24.3 Å². The molecule has 2 fully saturated rings. The van der Waals surface area contributed by atoms with Crippen LogP contribution in [0.25, 0.3) is 11.1 Å². The number of anilines is 1. The highest BCUT2D eigenvalue weighted by Crippen LogP contribution is 2.52. The molecule has 2 aromatic rings. The summed E-state index contributed by atoms with van der Waals surface area (Å²) in [6.07, 6.45) is 7.88. The number of hydrogen-bond acceptors (Lipinski definition) is 7. The summed E-state index contributed by atoms with van der Waals surface area (Å²) in [6, 6.07) is 7.55. The predicted octanol–water partition coefficient (Wildman–Crippen LogP) is 5.00. The summed E-state index contributed by atoms with van der Waals surface area (Å²) in [7, 11) is 0. The number of carbonyl (C=O) groups is 1. The number of nitrogen functional groups attached to an aromatic ring is 1. The van der Waals surface area contributed by atoms with Crippen molar-refractivity contribution >= 4 is 11.5 Å². The zero-order valence-electron chi connectivity index (χ0n) is 22.2. The summed E-state index contributed by atoms with van der Waals surface area (Å²) in [6.45, 7) is 10.6. The molecule has 0 unspecified atom stereocenters. The first kappa shape index (κ1) is 25.9. The predicted molar refractivity (Wildman–Crippen MR) is 147 cm³/mol. The monoisotopic (exact) mass is 507 g/mol. The van der Waals surface area contributed by atoms with Crippen LogP contribution in [-0.2, 0) is 0 Å². The van der Waals surface area contributed by atoms with E-state index in [4.69, 9.17) is 19.9 Å². The van der Waals surface area contributed by atoms with Gasteiger partial charge < -0.3 is 29.7 Å². The van der Waals surface area contributed by atoms with E-state index in [1.165, 1.54) is 51.9 Å². The average Bonchev–Trinajstić information content (AvgIpc) is 3.67. The van der Waals surface area contributed by atoms with Gasteiger partial charge >= 0.3 is 0 Å². The second kappa shape index (κ2) is 12.2. The maximum absolute atomic E-state index is 13.6. The van der Waals surface area contributed by atoms with Crippen molar-refractivity contribution in [1.29, 1.82) is 0 Å². The van der Waals surface area contributed by atoms with E-state index in [1.54, 1.807) is 0 Å². The van der Waals surface area contributed by atoms with Crippen LogP contribution >= 0.6 is 0 Å². The molecule has 2 aromatic carbocycles. The Labute approximate surface area is 220 Å². The molecule has 0 amide bonds. The van der Waals surface area contributed by atoms with E-state index >= 15 is 0 Å². The maximum atomic E-state index is 13.6. The number of likely N-dealkylation sites (tertiary alicyclic amines) is 2. The summed E-state index contributed by atoms with van der Waals surface area (Å²) in [5.41, 5.74) is 9.61. The average molecular weight is 508 g/mol. The molecule has 7 nitrogen and oxygen atoms in total. The molecule has 200 valence electrons. The molecule has 7 heteroatoms. The third-order valence-electron chi connectivity index (χ3n) is 7.65. The summed E-state index contributed by atoms with van der Waals surface area (Å²) >= 11 is 0. The van der Waals surface area contributed by atoms with Gasteiger partial charge in [-0.15, -0.1) is 0 Å². The SMILES string of the molecule is CCCOc1cc(OCCCN2CCCC2)c(N)c2c1-c1c(OCCCN3CCCC3)cccc1C2=O. The van der Waals surface area contributed by atoms with Crippen LogP contribution in [0.2, 0.25) is 0 Å². The normalized spacial score (nSPS) is 17.3. The number of ketones is 1. The lowest BCUT2D eigenvalue weighted by molar-refractivity contribution is 0.104. The van der Waals surface area contributed by atoms with Gasteiger partial charge in [-0.2, -0.15) is 0 Å². The van der Waals surface area contributed by atoms with Gasteiger partial charge in [0.15, 0.2) is 5.78 Å². The van der Waals surface area contributed by atoms with E-state index in [1.807, 2.05) is 24.3 Å². The maximum Gasteiger partial charge on any atom is 0.196 e. The third-order valence-corrected chi connectivity index (χ3v) is 7.65. The van der Waals surface area contributed by atoms with Crippen molar-refractivity contribution in [2.24, 2.45) is 0 Å². The highest BCUT2D eigenvalue weighted by atomic mass is 16.5. The van der Waals surface area contributed by atoms with Crippen LogP contribution in [0.3, 0.4) is 0 Å². The zero-order chi connectivity index (χ0) is 25.6. The number of carbonyl (C=O) groups excluding carboxylic acids is 1. The Balaban J connectivity index is 1.36. The zero-order valence-corrected chi connectivity index (χ0v) is 22.2. The fourth-order valence-corrected chi connectivity index (χ4v) is 5.77. The second-order valence-electron chi connectivity index (χ2n) is 10.4. The first-order valence-corrected chi connectivity index (χ1v) is 14.1. The van der Waals surface area contributed by atoms with Crippen LogP contribution < -0.4 is 19.9 Å². The van der Waals surface area contributed by atoms with Crippen molar-refractivity contribution < 1.29 is 19.0 Å². The quantitative estimate of drug-likeness (QED) is 0.258. The van der Waals surface area contributed by atoms with Crippen LogP contribution in [0, 0.1) is 0 Å². The minimum atomic E-state index is -0.0890. The van der Waals surface area contributed by atoms with Gasteiger partial charge in [0, 0.05) is 35.8 Å². The van der Waals surface area contributed by atoms with Crippen LogP contribution in [0.1, 0.15) is 67.8 Å². The van der Waals surface area contributed by atoms with E-state index in [-0.39, 0.29) is 5.78 Å². The standard InChI is InChI=1S/C30H41N3O4/c1-2-18-35-24-21-25(37-20-9-17-33-14-5-6-15-33)29(31)28-27(24)26-22(30(28)34)10-7-11-23(26)36-19-8-16-32-12-3-4-13-32/h7,10-11,21H,2-6,8-9,12-20,31H2,1H3. The number of rotatable bonds is 13. The van der Waals surface area contributed by atoms with E-state index < -0.39 is 0 Å². The molecule has 2 N–H and O–H groups in total. The van der Waals surface area contributed by atoms with Gasteiger partial charge in [-0.3, -0.25) is 4.79 Å². The minimum absolute atomic E-state index is 0.0890. The van der Waals surface area contributed by atoms with Crippen molar-refractivity contribution in [2.45, 2.75) is 51.9 Å². The Hall–Kier alpha value is -2.77. The fourth-order valence-electron chi connectivity index (χ4n) is 5.77. The highest BCUT2D eigenvalue weighted by Gasteiger charge is 2.36. The van der Waals surface area contributed by atoms with Gasteiger partial charge in [0.1, 0.15) is 17.2 Å². The van der Waals surface area contributed by atoms with Crippen molar-refractivity contribution in [1.82, 2.24) is 9.80 Å². The lowest BCUT2D eigenvalue weighted by atomic mass is 10.0. The Morgan fingerprint density at radius 1 is 0.757 bits per heavy atom. The van der Waals surface area contributed by atoms with Crippen molar-refractivity contribution in [3.8, 4) is 28.4 Å². The Bertz CT molecular complexity index is 1090. The van der Waals surface area contributed by atoms with Crippen LogP contribution in [0.5, 0.6) is 17.2 Å². The van der Waals surface area contributed by atoms with E-state index in [2.05, 4.69) is 16.7 Å². The van der Waals surface area contributed by atoms with Gasteiger partial charge in [0.2, 0.25) is 0 Å². The van der Waals surface area contributed by atoms with Crippen LogP contribution in [-0.4, -0.2) is 74.7 Å². The highest BCUT2D eigenvalue weighted by molar-refractivity contribution is 6.26. The summed E-state index contributed by atoms with van der Waals surface area (Å²) in [5, 5.41) is 0. The lowest BCUT2D eigenvalue weighted by Gasteiger charge is -2.19. The molecule has 0 atom stereocenters. The number of nitrogens with two attached hydrogens (primary N) is 1. The Kier molecular flexibility index (Phi) is 8.52. The second-order valence-corrected chi connectivity index (χ2v) is 10.4. The van der Waals surface area contributed by atoms with Gasteiger partial charge in [-0.1, -0.05) is 19.1 Å². The lowest BCUT2D eigenvalue weighted by Crippen LogP contribution is -2.22. The smallest absolute Gasteiger partial charge is 0.196 e. The van der Waals surface area contributed by atoms with E-state index in [0.29, 0.717) is 53.9 Å². The molecule has 0 bridgehead atoms. The van der Waals surface area contributed by atoms with Crippen molar-refractivity contribution in [3.63, 3.8) is 0 Å². The number of benzene rings is 2. The molecule has 0 radical (unpaired) electrons. The number of fused-ring (bicyclic) bond motifs is 3. The minimum Gasteiger partial charge on any atom is -0.493 e. The fraction of sp³-hybridized carbons (Fsp3) is 0.567. The van der Waals surface area contributed by atoms with Gasteiger partial charge in [-0.25, -0.2) is 0 Å². The molecule has 0 aromatic heterocycles. The van der Waals surface area contributed by atoms with Gasteiger partial charge in [0.25, 0.3) is 0 Å². The topological polar surface area (TPSA) is 77.3 Å². The molecule has 2 heterocycles. The molecular formula is C30H41N3O4. The first-order valence-electron chi connectivity index (χ1n) is 14.1. The Morgan fingerprint density at radius 3 is 1.97 bits per heavy atom. The first-order chi connectivity index (χ1) is 18.2. The van der Waals surface area contributed by atoms with Crippen molar-refractivity contribution in [3.05, 3.63) is 35.4 Å². The van der Waals surface area contributed by atoms with Crippen LogP contribution in [0.4, 0.5) is 5.69 Å². The molecule has 0 spiro atoms. The van der Waals surface area contributed by atoms with Gasteiger partial charge in [-0.05, 0) is 77.2 Å². The number of ether oxygens (including phenoxy) is 3. The van der Waals surface area contributed by atoms with Gasteiger partial charge in [0.05, 0.1) is 31.1 Å². The molecule has 1 aliphatic carbocycles. The van der Waals surface area contributed by atoms with Crippen molar-refractivity contribution in [2.75, 3.05) is 64.8 Å². The summed E-state index contributed by atoms with van der Waals surface area (Å²) in [5.74, 6) is 1.79. The summed E-state index contributed by atoms with van der Waals surface area (Å²) < 4.78 is 18.6. The third kappa shape index (κ3) is 5.73. The Morgan fingerprint density at radius 2 is 1.35 bits per heavy atom. The molecule has 3 aliphatic rings. The number of hydrogen-bond donors (Lipinski definition) is 1. The molecular weight excluding hydrogens is 466 g/mol. The van der Waals surface area contributed by atoms with E-state index in [9.17, 15) is 4.79 Å². The molecule has 37 heavy (non-hydrogen) atoms. The largest absolute Gasteiger partial charge is 0.493 e.